The van der Waals surface area contributed by atoms with Crippen molar-refractivity contribution in [2.24, 2.45) is 0 Å². The molecule has 9 heteroatoms. The van der Waals surface area contributed by atoms with E-state index in [4.69, 9.17) is 14.7 Å². The largest absolute Gasteiger partial charge is 0.508 e. The number of hydrogen-bond donors (Lipinski definition) is 2. The number of piperidine rings is 1. The van der Waals surface area contributed by atoms with E-state index in [9.17, 15) is 5.11 Å². The van der Waals surface area contributed by atoms with Gasteiger partial charge < -0.3 is 24.6 Å². The lowest BCUT2D eigenvalue weighted by atomic mass is 9.79. The minimum Gasteiger partial charge on any atom is -0.508 e. The van der Waals surface area contributed by atoms with Crippen LogP contribution in [0.15, 0.2) is 36.5 Å². The van der Waals surface area contributed by atoms with Crippen molar-refractivity contribution in [1.82, 2.24) is 29.7 Å². The number of ether oxygens (including phenoxy) is 1. The standard InChI is InChI=1S/C32H49N7O2/c1-7-9-29(38-21-23(2)34-24(3)22-38)31-35-28-19-26(20-33-30(28)39(31)16-17-41-6)37-14-12-32(13-15-37,36(4)5)25-10-8-11-27(40)18-25/h8,10-11,18-20,23-24,29,34,40H,7,9,12-17,21-22H2,1-6H3/t23-,24+,29?. The number of anilines is 1. The Morgan fingerprint density at radius 1 is 1.15 bits per heavy atom. The Hall–Kier alpha value is -2.72. The highest BCUT2D eigenvalue weighted by molar-refractivity contribution is 5.76. The van der Waals surface area contributed by atoms with Gasteiger partial charge in [-0.3, -0.25) is 9.80 Å². The molecule has 0 saturated carbocycles. The van der Waals surface area contributed by atoms with Crippen LogP contribution in [-0.2, 0) is 16.8 Å². The van der Waals surface area contributed by atoms with Crippen molar-refractivity contribution in [3.05, 3.63) is 47.9 Å². The third-order valence-corrected chi connectivity index (χ3v) is 9.20. The first-order valence-corrected chi connectivity index (χ1v) is 15.3. The number of rotatable bonds is 10. The molecule has 2 aromatic heterocycles. The van der Waals surface area contributed by atoms with Crippen LogP contribution in [0.2, 0.25) is 0 Å². The molecule has 3 atom stereocenters. The van der Waals surface area contributed by atoms with E-state index in [0.717, 1.165) is 81.1 Å². The molecule has 1 unspecified atom stereocenters. The van der Waals surface area contributed by atoms with Gasteiger partial charge in [0.2, 0.25) is 0 Å². The molecule has 0 radical (unpaired) electrons. The summed E-state index contributed by atoms with van der Waals surface area (Å²) < 4.78 is 7.81. The molecule has 5 rings (SSSR count). The van der Waals surface area contributed by atoms with Crippen molar-refractivity contribution in [3.63, 3.8) is 0 Å². The van der Waals surface area contributed by atoms with Crippen molar-refractivity contribution >= 4 is 16.9 Å². The molecule has 2 N–H and O–H groups in total. The second-order valence-corrected chi connectivity index (χ2v) is 12.3. The third-order valence-electron chi connectivity index (χ3n) is 9.20. The number of nitrogens with zero attached hydrogens (tertiary/aromatic N) is 6. The lowest BCUT2D eigenvalue weighted by Gasteiger charge is -2.47. The number of phenols is 1. The number of methoxy groups -OCH3 is 1. The van der Waals surface area contributed by atoms with Crippen molar-refractivity contribution in [2.45, 2.75) is 76.7 Å². The fourth-order valence-electron chi connectivity index (χ4n) is 7.14. The van der Waals surface area contributed by atoms with E-state index in [1.807, 2.05) is 18.3 Å². The molecule has 0 aliphatic carbocycles. The van der Waals surface area contributed by atoms with Crippen LogP contribution < -0.4 is 10.2 Å². The molecular weight excluding hydrogens is 514 g/mol. The number of pyridine rings is 1. The summed E-state index contributed by atoms with van der Waals surface area (Å²) in [6, 6.07) is 11.1. The molecule has 41 heavy (non-hydrogen) atoms. The maximum atomic E-state index is 10.2. The van der Waals surface area contributed by atoms with E-state index < -0.39 is 0 Å². The van der Waals surface area contributed by atoms with E-state index in [1.54, 1.807) is 13.2 Å². The van der Waals surface area contributed by atoms with Crippen molar-refractivity contribution in [2.75, 3.05) is 58.9 Å². The first-order chi connectivity index (χ1) is 19.8. The molecule has 9 nitrogen and oxygen atoms in total. The number of imidazole rings is 1. The lowest BCUT2D eigenvalue weighted by Crippen LogP contribution is -2.55. The van der Waals surface area contributed by atoms with Crippen LogP contribution in [0.5, 0.6) is 5.75 Å². The minimum absolute atomic E-state index is 0.105. The number of hydrogen-bond acceptors (Lipinski definition) is 8. The van der Waals surface area contributed by atoms with Crippen LogP contribution in [0.1, 0.15) is 63.9 Å². The van der Waals surface area contributed by atoms with Gasteiger partial charge in [0.15, 0.2) is 5.65 Å². The van der Waals surface area contributed by atoms with E-state index >= 15 is 0 Å². The second kappa shape index (κ2) is 12.7. The van der Waals surface area contributed by atoms with Gasteiger partial charge in [-0.2, -0.15) is 0 Å². The number of piperazine rings is 1. The topological polar surface area (TPSA) is 81.9 Å². The molecule has 0 amide bonds. The highest BCUT2D eigenvalue weighted by Crippen LogP contribution is 2.40. The van der Waals surface area contributed by atoms with Crippen LogP contribution in [0.3, 0.4) is 0 Å². The smallest absolute Gasteiger partial charge is 0.160 e. The third kappa shape index (κ3) is 6.09. The summed E-state index contributed by atoms with van der Waals surface area (Å²) in [5.41, 5.74) is 4.10. The van der Waals surface area contributed by atoms with Crippen LogP contribution in [-0.4, -0.2) is 95.5 Å². The molecule has 0 bridgehead atoms. The Kier molecular flexibility index (Phi) is 9.18. The predicted octanol–water partition coefficient (Wildman–Crippen LogP) is 4.36. The molecule has 4 heterocycles. The zero-order valence-electron chi connectivity index (χ0n) is 25.8. The molecule has 2 fully saturated rings. The predicted molar refractivity (Wildman–Crippen MR) is 166 cm³/mol. The Morgan fingerprint density at radius 2 is 1.88 bits per heavy atom. The van der Waals surface area contributed by atoms with Gasteiger partial charge in [-0.25, -0.2) is 9.97 Å². The Bertz CT molecular complexity index is 1290. The average Bonchev–Trinajstić information content (AvgIpc) is 3.31. The van der Waals surface area contributed by atoms with Crippen LogP contribution >= 0.6 is 0 Å². The summed E-state index contributed by atoms with van der Waals surface area (Å²) in [5, 5.41) is 13.9. The molecule has 3 aromatic rings. The number of aromatic hydroxyl groups is 1. The van der Waals surface area contributed by atoms with Crippen LogP contribution in [0.25, 0.3) is 11.2 Å². The molecule has 1 aromatic carbocycles. The number of aromatic nitrogens is 3. The van der Waals surface area contributed by atoms with E-state index in [2.05, 4.69) is 71.6 Å². The van der Waals surface area contributed by atoms with Gasteiger partial charge in [0.25, 0.3) is 0 Å². The highest BCUT2D eigenvalue weighted by atomic mass is 16.5. The first kappa shape index (κ1) is 29.8. The summed E-state index contributed by atoms with van der Waals surface area (Å²) >= 11 is 0. The monoisotopic (exact) mass is 563 g/mol. The molecule has 2 saturated heterocycles. The lowest BCUT2D eigenvalue weighted by molar-refractivity contribution is 0.108. The Morgan fingerprint density at radius 3 is 2.51 bits per heavy atom. The molecule has 2 aliphatic rings. The maximum Gasteiger partial charge on any atom is 0.160 e. The summed E-state index contributed by atoms with van der Waals surface area (Å²) in [4.78, 5) is 17.7. The number of fused-ring (bicyclic) bond motifs is 1. The minimum atomic E-state index is -0.105. The SMILES string of the molecule is CCCC(c1nc2cc(N3CCC(c4cccc(O)c4)(N(C)C)CC3)cnc2n1CCOC)N1C[C@@H](C)N[C@@H](C)C1. The van der Waals surface area contributed by atoms with Crippen molar-refractivity contribution < 1.29 is 9.84 Å². The zero-order valence-corrected chi connectivity index (χ0v) is 25.8. The summed E-state index contributed by atoms with van der Waals surface area (Å²) in [6.45, 7) is 12.0. The van der Waals surface area contributed by atoms with Crippen molar-refractivity contribution in [3.8, 4) is 5.75 Å². The quantitative estimate of drug-likeness (QED) is 0.377. The van der Waals surface area contributed by atoms with Crippen molar-refractivity contribution in [1.29, 1.82) is 0 Å². The number of phenolic OH excluding ortho intramolecular Hbond substituents is 1. The summed E-state index contributed by atoms with van der Waals surface area (Å²) in [7, 11) is 6.05. The summed E-state index contributed by atoms with van der Waals surface area (Å²) in [5.74, 6) is 1.44. The van der Waals surface area contributed by atoms with Gasteiger partial charge in [-0.05, 0) is 71.0 Å². The van der Waals surface area contributed by atoms with E-state index in [1.165, 1.54) is 5.56 Å². The molecule has 0 spiro atoms. The Balaban J connectivity index is 1.44. The van der Waals surface area contributed by atoms with Crippen LogP contribution in [0, 0.1) is 0 Å². The maximum absolute atomic E-state index is 10.2. The fraction of sp³-hybridized carbons (Fsp3) is 0.625. The highest BCUT2D eigenvalue weighted by Gasteiger charge is 2.39. The van der Waals surface area contributed by atoms with Gasteiger partial charge in [0.1, 0.15) is 17.1 Å². The Labute approximate surface area is 245 Å². The zero-order chi connectivity index (χ0) is 29.1. The molecule has 224 valence electrons. The first-order valence-electron chi connectivity index (χ1n) is 15.3. The second-order valence-electron chi connectivity index (χ2n) is 12.3. The number of benzene rings is 1. The van der Waals surface area contributed by atoms with Gasteiger partial charge in [0, 0.05) is 57.5 Å². The summed E-state index contributed by atoms with van der Waals surface area (Å²) in [6.07, 6.45) is 6.12. The average molecular weight is 564 g/mol. The van der Waals surface area contributed by atoms with Crippen LogP contribution in [0.4, 0.5) is 5.69 Å². The van der Waals surface area contributed by atoms with Gasteiger partial charge >= 0.3 is 0 Å². The van der Waals surface area contributed by atoms with E-state index in [-0.39, 0.29) is 11.6 Å². The van der Waals surface area contributed by atoms with E-state index in [0.29, 0.717) is 24.4 Å². The van der Waals surface area contributed by atoms with Gasteiger partial charge in [-0.1, -0.05) is 25.5 Å². The van der Waals surface area contributed by atoms with Gasteiger partial charge in [-0.15, -0.1) is 0 Å². The molecular formula is C32H49N7O2. The fourth-order valence-corrected chi connectivity index (χ4v) is 7.14. The normalized spacial score (nSPS) is 22.5. The number of nitrogens with one attached hydrogen (secondary N) is 1. The molecule has 2 aliphatic heterocycles. The van der Waals surface area contributed by atoms with Gasteiger partial charge in [0.05, 0.1) is 24.5 Å².